The highest BCUT2D eigenvalue weighted by atomic mass is 32.1. The fraction of sp³-hybridized carbons (Fsp3) is 0.765. The molecule has 1 aromatic heterocycles. The Balaban J connectivity index is 1.31. The summed E-state index contributed by atoms with van der Waals surface area (Å²) in [5, 5.41) is 15.6. The zero-order valence-electron chi connectivity index (χ0n) is 12.8. The first kappa shape index (κ1) is 15.5. The zero-order chi connectivity index (χ0) is 14.7. The van der Waals surface area contributed by atoms with Crippen molar-refractivity contribution in [3.05, 3.63) is 22.4 Å². The minimum atomic E-state index is -0.411. The van der Waals surface area contributed by atoms with Crippen molar-refractivity contribution in [1.82, 2.24) is 5.32 Å². The normalized spacial score (nSPS) is 30.7. The molecule has 0 saturated heterocycles. The maximum absolute atomic E-state index is 10.0. The van der Waals surface area contributed by atoms with Crippen molar-refractivity contribution in [3.63, 3.8) is 0 Å². The van der Waals surface area contributed by atoms with Crippen molar-refractivity contribution in [2.45, 2.75) is 51.4 Å². The molecule has 2 aliphatic carbocycles. The molecule has 1 heterocycles. The standard InChI is InChI=1S/C17H27NO2S/c1-12(17-8-13-4-5-14(17)7-13)18-9-15(19)10-20-11-16-3-2-6-21-16/h2-3,6,12-15,17-19H,4-5,7-11H2,1H3/t12-,13-,14-,15+,17-/m0/s1. The molecule has 2 N–H and O–H groups in total. The van der Waals surface area contributed by atoms with Gasteiger partial charge in [0.15, 0.2) is 0 Å². The molecule has 3 nitrogen and oxygen atoms in total. The first-order valence-electron chi connectivity index (χ1n) is 8.24. The number of aliphatic hydroxyl groups is 1. The van der Waals surface area contributed by atoms with E-state index < -0.39 is 6.10 Å². The predicted molar refractivity (Wildman–Crippen MR) is 86.4 cm³/mol. The van der Waals surface area contributed by atoms with Crippen LogP contribution in [0.15, 0.2) is 17.5 Å². The predicted octanol–water partition coefficient (Wildman–Crippen LogP) is 3.04. The van der Waals surface area contributed by atoms with Gasteiger partial charge in [-0.15, -0.1) is 11.3 Å². The molecule has 2 saturated carbocycles. The lowest BCUT2D eigenvalue weighted by Crippen LogP contribution is -2.41. The highest BCUT2D eigenvalue weighted by Crippen LogP contribution is 2.49. The molecule has 2 aliphatic rings. The van der Waals surface area contributed by atoms with Gasteiger partial charge in [-0.05, 0) is 55.4 Å². The summed E-state index contributed by atoms with van der Waals surface area (Å²) < 4.78 is 5.57. The van der Waals surface area contributed by atoms with Crippen LogP contribution in [0, 0.1) is 17.8 Å². The Bertz CT molecular complexity index is 422. The van der Waals surface area contributed by atoms with Gasteiger partial charge in [0.05, 0.1) is 19.3 Å². The lowest BCUT2D eigenvalue weighted by Gasteiger charge is -2.29. The molecule has 3 rings (SSSR count). The van der Waals surface area contributed by atoms with E-state index in [9.17, 15) is 5.11 Å². The van der Waals surface area contributed by atoms with Crippen LogP contribution in [0.2, 0.25) is 0 Å². The molecule has 5 atom stereocenters. The molecule has 0 aliphatic heterocycles. The number of ether oxygens (including phenoxy) is 1. The van der Waals surface area contributed by atoms with Gasteiger partial charge < -0.3 is 15.2 Å². The van der Waals surface area contributed by atoms with Crippen LogP contribution in [0.25, 0.3) is 0 Å². The SMILES string of the molecule is C[C@H](NC[C@@H](O)COCc1cccs1)[C@@H]1C[C@H]2CC[C@H]1C2. The highest BCUT2D eigenvalue weighted by Gasteiger charge is 2.41. The van der Waals surface area contributed by atoms with Crippen LogP contribution in [-0.2, 0) is 11.3 Å². The van der Waals surface area contributed by atoms with Crippen molar-refractivity contribution in [2.75, 3.05) is 13.2 Å². The summed E-state index contributed by atoms with van der Waals surface area (Å²) in [5.74, 6) is 2.75. The van der Waals surface area contributed by atoms with Crippen LogP contribution in [0.5, 0.6) is 0 Å². The topological polar surface area (TPSA) is 41.5 Å². The van der Waals surface area contributed by atoms with E-state index >= 15 is 0 Å². The van der Waals surface area contributed by atoms with Gasteiger partial charge in [0.2, 0.25) is 0 Å². The minimum absolute atomic E-state index is 0.411. The Kier molecular flexibility index (Phi) is 5.33. The van der Waals surface area contributed by atoms with E-state index in [0.717, 1.165) is 17.8 Å². The van der Waals surface area contributed by atoms with Gasteiger partial charge in [-0.3, -0.25) is 0 Å². The number of hydrogen-bond acceptors (Lipinski definition) is 4. The molecule has 21 heavy (non-hydrogen) atoms. The summed E-state index contributed by atoms with van der Waals surface area (Å²) in [6.07, 6.45) is 5.31. The van der Waals surface area contributed by atoms with E-state index in [4.69, 9.17) is 4.74 Å². The summed E-state index contributed by atoms with van der Waals surface area (Å²) in [6, 6.07) is 4.61. The smallest absolute Gasteiger partial charge is 0.0897 e. The van der Waals surface area contributed by atoms with E-state index in [1.807, 2.05) is 11.4 Å². The van der Waals surface area contributed by atoms with Crippen LogP contribution in [0.3, 0.4) is 0 Å². The minimum Gasteiger partial charge on any atom is -0.389 e. The zero-order valence-corrected chi connectivity index (χ0v) is 13.6. The molecule has 4 heteroatoms. The van der Waals surface area contributed by atoms with E-state index in [1.165, 1.54) is 30.6 Å². The van der Waals surface area contributed by atoms with Crippen LogP contribution < -0.4 is 5.32 Å². The second-order valence-corrected chi connectivity index (χ2v) is 7.82. The lowest BCUT2D eigenvalue weighted by atomic mass is 9.84. The number of thiophene rings is 1. The largest absolute Gasteiger partial charge is 0.389 e. The Morgan fingerprint density at radius 1 is 1.43 bits per heavy atom. The third-order valence-corrected chi connectivity index (χ3v) is 6.10. The van der Waals surface area contributed by atoms with Crippen LogP contribution in [0.4, 0.5) is 0 Å². The number of hydrogen-bond donors (Lipinski definition) is 2. The number of aliphatic hydroxyl groups excluding tert-OH is 1. The molecular weight excluding hydrogens is 282 g/mol. The van der Waals surface area contributed by atoms with Gasteiger partial charge in [-0.25, -0.2) is 0 Å². The fourth-order valence-electron chi connectivity index (χ4n) is 4.13. The van der Waals surface area contributed by atoms with Gasteiger partial charge >= 0.3 is 0 Å². The third kappa shape index (κ3) is 4.07. The van der Waals surface area contributed by atoms with Gasteiger partial charge in [0.1, 0.15) is 0 Å². The van der Waals surface area contributed by atoms with Crippen LogP contribution in [-0.4, -0.2) is 30.4 Å². The fourth-order valence-corrected chi connectivity index (χ4v) is 4.77. The molecule has 0 radical (unpaired) electrons. The Hall–Kier alpha value is -0.420. The average Bonchev–Trinajstić information content (AvgIpc) is 3.21. The third-order valence-electron chi connectivity index (χ3n) is 5.25. The maximum atomic E-state index is 10.0. The summed E-state index contributed by atoms with van der Waals surface area (Å²) in [7, 11) is 0. The van der Waals surface area contributed by atoms with Gasteiger partial charge in [0.25, 0.3) is 0 Å². The first-order chi connectivity index (χ1) is 10.2. The molecular formula is C17H27NO2S. The van der Waals surface area contributed by atoms with Crippen molar-refractivity contribution < 1.29 is 9.84 Å². The van der Waals surface area contributed by atoms with Crippen LogP contribution in [0.1, 0.15) is 37.5 Å². The Labute approximate surface area is 131 Å². The molecule has 0 spiro atoms. The highest BCUT2D eigenvalue weighted by molar-refractivity contribution is 7.09. The molecule has 0 aromatic carbocycles. The maximum Gasteiger partial charge on any atom is 0.0897 e. The molecule has 1 aromatic rings. The van der Waals surface area contributed by atoms with Gasteiger partial charge in [-0.1, -0.05) is 12.5 Å². The number of fused-ring (bicyclic) bond motifs is 2. The van der Waals surface area contributed by atoms with E-state index in [1.54, 1.807) is 11.3 Å². The van der Waals surface area contributed by atoms with E-state index in [-0.39, 0.29) is 0 Å². The summed E-state index contributed by atoms with van der Waals surface area (Å²) in [4.78, 5) is 1.21. The lowest BCUT2D eigenvalue weighted by molar-refractivity contribution is 0.0273. The molecule has 118 valence electrons. The van der Waals surface area contributed by atoms with Crippen LogP contribution >= 0.6 is 11.3 Å². The summed E-state index contributed by atoms with van der Waals surface area (Å²) in [6.45, 7) is 3.94. The first-order valence-corrected chi connectivity index (χ1v) is 9.12. The molecule has 2 fully saturated rings. The second-order valence-electron chi connectivity index (χ2n) is 6.78. The second kappa shape index (κ2) is 7.23. The van der Waals surface area contributed by atoms with E-state index in [2.05, 4.69) is 18.3 Å². The monoisotopic (exact) mass is 309 g/mol. The van der Waals surface area contributed by atoms with Crippen molar-refractivity contribution >= 4 is 11.3 Å². The Morgan fingerprint density at radius 3 is 3.00 bits per heavy atom. The van der Waals surface area contributed by atoms with Crippen molar-refractivity contribution in [2.24, 2.45) is 17.8 Å². The average molecular weight is 309 g/mol. The Morgan fingerprint density at radius 2 is 2.33 bits per heavy atom. The molecule has 0 amide bonds. The molecule has 0 unspecified atom stereocenters. The summed E-state index contributed by atoms with van der Waals surface area (Å²) >= 11 is 1.69. The van der Waals surface area contributed by atoms with Crippen molar-refractivity contribution in [1.29, 1.82) is 0 Å². The molecule has 2 bridgehead atoms. The van der Waals surface area contributed by atoms with Crippen molar-refractivity contribution in [3.8, 4) is 0 Å². The number of nitrogens with one attached hydrogen (secondary N) is 1. The van der Waals surface area contributed by atoms with Gasteiger partial charge in [0, 0.05) is 17.5 Å². The number of rotatable bonds is 8. The van der Waals surface area contributed by atoms with E-state index in [0.29, 0.717) is 25.8 Å². The quantitative estimate of drug-likeness (QED) is 0.775. The van der Waals surface area contributed by atoms with Gasteiger partial charge in [-0.2, -0.15) is 0 Å². The summed E-state index contributed by atoms with van der Waals surface area (Å²) in [5.41, 5.74) is 0.